The fourth-order valence-electron chi connectivity index (χ4n) is 4.86. The van der Waals surface area contributed by atoms with Gasteiger partial charge < -0.3 is 9.47 Å². The van der Waals surface area contributed by atoms with Crippen LogP contribution in [0.2, 0.25) is 5.02 Å². The van der Waals surface area contributed by atoms with Gasteiger partial charge in [-0.1, -0.05) is 61.2 Å². The Morgan fingerprint density at radius 3 is 2.68 bits per heavy atom. The first-order valence-electron chi connectivity index (χ1n) is 12.6. The molecule has 0 saturated heterocycles. The molecule has 0 radical (unpaired) electrons. The van der Waals surface area contributed by atoms with Gasteiger partial charge in [0.1, 0.15) is 12.4 Å². The molecule has 4 aromatic rings. The Morgan fingerprint density at radius 1 is 1.13 bits per heavy atom. The van der Waals surface area contributed by atoms with Crippen LogP contribution in [0.4, 0.5) is 0 Å². The van der Waals surface area contributed by atoms with E-state index in [1.54, 1.807) is 36.5 Å². The molecule has 1 saturated carbocycles. The first-order valence-corrected chi connectivity index (χ1v) is 13.0. The molecule has 0 amide bonds. The van der Waals surface area contributed by atoms with E-state index in [-0.39, 0.29) is 18.1 Å². The normalized spacial score (nSPS) is 14.0. The lowest BCUT2D eigenvalue weighted by Gasteiger charge is -2.22. The van der Waals surface area contributed by atoms with E-state index >= 15 is 0 Å². The first-order chi connectivity index (χ1) is 18.6. The third kappa shape index (κ3) is 5.27. The van der Waals surface area contributed by atoms with Crippen molar-refractivity contribution in [1.82, 2.24) is 9.66 Å². The van der Waals surface area contributed by atoms with E-state index in [9.17, 15) is 10.1 Å². The fourth-order valence-corrected chi connectivity index (χ4v) is 5.14. The van der Waals surface area contributed by atoms with Gasteiger partial charge in [-0.05, 0) is 48.7 Å². The van der Waals surface area contributed by atoms with Crippen molar-refractivity contribution in [3.05, 3.63) is 98.6 Å². The van der Waals surface area contributed by atoms with E-state index in [0.29, 0.717) is 44.4 Å². The van der Waals surface area contributed by atoms with E-state index < -0.39 is 0 Å². The van der Waals surface area contributed by atoms with Crippen LogP contribution in [0.25, 0.3) is 10.9 Å². The molecule has 192 valence electrons. The summed E-state index contributed by atoms with van der Waals surface area (Å²) < 4.78 is 12.9. The summed E-state index contributed by atoms with van der Waals surface area (Å²) in [5.74, 6) is 1.67. The highest BCUT2D eigenvalue weighted by Gasteiger charge is 2.22. The molecule has 0 unspecified atom stereocenters. The van der Waals surface area contributed by atoms with Crippen LogP contribution in [-0.2, 0) is 6.61 Å². The number of nitriles is 1. The maximum absolute atomic E-state index is 13.4. The van der Waals surface area contributed by atoms with Gasteiger partial charge in [-0.2, -0.15) is 15.0 Å². The number of rotatable bonds is 7. The van der Waals surface area contributed by atoms with Crippen LogP contribution in [0.3, 0.4) is 0 Å². The number of halogens is 1. The van der Waals surface area contributed by atoms with Crippen LogP contribution in [0.1, 0.15) is 60.5 Å². The molecule has 8 heteroatoms. The molecule has 1 heterocycles. The summed E-state index contributed by atoms with van der Waals surface area (Å²) in [5, 5.41) is 14.8. The number of hydrogen-bond donors (Lipinski definition) is 0. The third-order valence-electron chi connectivity index (χ3n) is 6.83. The van der Waals surface area contributed by atoms with Crippen molar-refractivity contribution in [2.75, 3.05) is 7.11 Å². The lowest BCUT2D eigenvalue weighted by molar-refractivity contribution is 0.284. The van der Waals surface area contributed by atoms with Crippen molar-refractivity contribution in [3.63, 3.8) is 0 Å². The topological polar surface area (TPSA) is 89.5 Å². The van der Waals surface area contributed by atoms with Crippen molar-refractivity contribution in [3.8, 4) is 17.6 Å². The Morgan fingerprint density at radius 2 is 1.89 bits per heavy atom. The molecule has 3 aromatic carbocycles. The van der Waals surface area contributed by atoms with Gasteiger partial charge in [0.05, 0.1) is 40.9 Å². The third-order valence-corrected chi connectivity index (χ3v) is 7.11. The number of fused-ring (bicyclic) bond motifs is 1. The molecule has 1 aromatic heterocycles. The summed E-state index contributed by atoms with van der Waals surface area (Å²) in [4.78, 5) is 18.3. The Hall–Kier alpha value is -4.15. The first kappa shape index (κ1) is 25.5. The van der Waals surface area contributed by atoms with Crippen LogP contribution < -0.4 is 15.0 Å². The van der Waals surface area contributed by atoms with E-state index in [4.69, 9.17) is 26.1 Å². The van der Waals surface area contributed by atoms with Crippen LogP contribution >= 0.6 is 11.6 Å². The zero-order valence-corrected chi connectivity index (χ0v) is 21.8. The number of benzene rings is 3. The second-order valence-electron chi connectivity index (χ2n) is 9.28. The van der Waals surface area contributed by atoms with Gasteiger partial charge in [-0.25, -0.2) is 4.98 Å². The van der Waals surface area contributed by atoms with E-state index in [1.807, 2.05) is 30.3 Å². The van der Waals surface area contributed by atoms with Gasteiger partial charge in [0.25, 0.3) is 5.56 Å². The highest BCUT2D eigenvalue weighted by Crippen LogP contribution is 2.37. The average Bonchev–Trinajstić information content (AvgIpc) is 2.96. The summed E-state index contributed by atoms with van der Waals surface area (Å²) in [7, 11) is 1.53. The molecule has 0 N–H and O–H groups in total. The van der Waals surface area contributed by atoms with Gasteiger partial charge in [0, 0.05) is 11.5 Å². The van der Waals surface area contributed by atoms with Gasteiger partial charge in [-0.15, -0.1) is 0 Å². The Kier molecular flexibility index (Phi) is 7.71. The second-order valence-corrected chi connectivity index (χ2v) is 9.68. The van der Waals surface area contributed by atoms with Crippen LogP contribution in [0.15, 0.2) is 70.6 Å². The smallest absolute Gasteiger partial charge is 0.282 e. The number of hydrogen-bond acceptors (Lipinski definition) is 6. The molecular weight excluding hydrogens is 500 g/mol. The molecule has 0 atom stereocenters. The summed E-state index contributed by atoms with van der Waals surface area (Å²) >= 11 is 6.58. The maximum Gasteiger partial charge on any atom is 0.282 e. The molecule has 7 nitrogen and oxygen atoms in total. The zero-order chi connectivity index (χ0) is 26.5. The van der Waals surface area contributed by atoms with Gasteiger partial charge in [0.2, 0.25) is 0 Å². The van der Waals surface area contributed by atoms with Gasteiger partial charge in [-0.3, -0.25) is 4.79 Å². The standard InChI is InChI=1S/C30H27ClN4O3/c1-37-27-16-20(15-25(31)28(27)38-19-23-12-6-5-11-22(23)17-32)18-33-35-29(21-9-3-2-4-10-21)34-26-14-8-7-13-24(26)30(35)36/h5-8,11-16,18,21H,2-4,9-10,19H2,1H3. The van der Waals surface area contributed by atoms with E-state index in [2.05, 4.69) is 11.2 Å². The number of methoxy groups -OCH3 is 1. The number of para-hydroxylation sites is 1. The van der Waals surface area contributed by atoms with Crippen molar-refractivity contribution in [2.45, 2.75) is 44.6 Å². The molecule has 1 fully saturated rings. The van der Waals surface area contributed by atoms with Crippen molar-refractivity contribution >= 4 is 28.7 Å². The second kappa shape index (κ2) is 11.5. The Labute approximate surface area is 225 Å². The minimum Gasteiger partial charge on any atom is -0.493 e. The van der Waals surface area contributed by atoms with Crippen LogP contribution in [-0.4, -0.2) is 23.0 Å². The minimum atomic E-state index is -0.193. The van der Waals surface area contributed by atoms with E-state index in [1.165, 1.54) is 18.2 Å². The predicted octanol–water partition coefficient (Wildman–Crippen LogP) is 6.44. The molecule has 1 aliphatic rings. The van der Waals surface area contributed by atoms with Crippen molar-refractivity contribution < 1.29 is 9.47 Å². The van der Waals surface area contributed by atoms with Crippen molar-refractivity contribution in [2.24, 2.45) is 5.10 Å². The minimum absolute atomic E-state index is 0.163. The number of aromatic nitrogens is 2. The molecular formula is C30H27ClN4O3. The molecule has 0 spiro atoms. The van der Waals surface area contributed by atoms with Crippen LogP contribution in [0, 0.1) is 11.3 Å². The SMILES string of the molecule is COc1cc(C=Nn2c(C3CCCCC3)nc3ccccc3c2=O)cc(Cl)c1OCc1ccccc1C#N. The molecule has 5 rings (SSSR count). The summed E-state index contributed by atoms with van der Waals surface area (Å²) in [6.45, 7) is 0.163. The van der Waals surface area contributed by atoms with Gasteiger partial charge >= 0.3 is 0 Å². The maximum atomic E-state index is 13.4. The van der Waals surface area contributed by atoms with Crippen molar-refractivity contribution in [1.29, 1.82) is 5.26 Å². The highest BCUT2D eigenvalue weighted by atomic mass is 35.5. The average molecular weight is 527 g/mol. The fraction of sp³-hybridized carbons (Fsp3) is 0.267. The van der Waals surface area contributed by atoms with Crippen LogP contribution in [0.5, 0.6) is 11.5 Å². The van der Waals surface area contributed by atoms with E-state index in [0.717, 1.165) is 31.2 Å². The number of nitrogens with zero attached hydrogens (tertiary/aromatic N) is 4. The quantitative estimate of drug-likeness (QED) is 0.258. The predicted molar refractivity (Wildman–Crippen MR) is 148 cm³/mol. The molecule has 0 bridgehead atoms. The monoisotopic (exact) mass is 526 g/mol. The van der Waals surface area contributed by atoms with Gasteiger partial charge in [0.15, 0.2) is 11.5 Å². The summed E-state index contributed by atoms with van der Waals surface area (Å²) in [6, 6.07) is 20.2. The number of ether oxygens (including phenoxy) is 2. The summed E-state index contributed by atoms with van der Waals surface area (Å²) in [6.07, 6.45) is 7.00. The largest absolute Gasteiger partial charge is 0.493 e. The molecule has 1 aliphatic carbocycles. The lowest BCUT2D eigenvalue weighted by atomic mass is 9.88. The Bertz CT molecular complexity index is 1600. The summed E-state index contributed by atoms with van der Waals surface area (Å²) in [5.41, 5.74) is 2.42. The molecule has 0 aliphatic heterocycles. The zero-order valence-electron chi connectivity index (χ0n) is 21.1. The molecule has 38 heavy (non-hydrogen) atoms. The Balaban J connectivity index is 1.48. The lowest BCUT2D eigenvalue weighted by Crippen LogP contribution is -2.25. The highest BCUT2D eigenvalue weighted by molar-refractivity contribution is 6.32.